The first-order valence-corrected chi connectivity index (χ1v) is 5.02. The smallest absolute Gasteiger partial charge is 0.0962 e. The summed E-state index contributed by atoms with van der Waals surface area (Å²) in [5.41, 5.74) is 1.27. The Hall–Kier alpha value is -0.760. The Morgan fingerprint density at radius 2 is 2.42 bits per heavy atom. The fourth-order valence-electron chi connectivity index (χ4n) is 0.711. The summed E-state index contributed by atoms with van der Waals surface area (Å²) in [6, 6.07) is 5.95. The topological polar surface area (TPSA) is 12.9 Å². The molecule has 0 saturated carbocycles. The molecule has 0 atom stereocenters. The van der Waals surface area contributed by atoms with Gasteiger partial charge in [0, 0.05) is 11.9 Å². The Labute approximate surface area is 77.9 Å². The van der Waals surface area contributed by atoms with E-state index in [1.165, 1.54) is 5.57 Å². The van der Waals surface area contributed by atoms with E-state index in [2.05, 4.69) is 18.5 Å². The van der Waals surface area contributed by atoms with Crippen molar-refractivity contribution in [2.24, 2.45) is 0 Å². The van der Waals surface area contributed by atoms with Crippen molar-refractivity contribution in [3.63, 3.8) is 0 Å². The summed E-state index contributed by atoms with van der Waals surface area (Å²) in [4.78, 5) is 4.21. The van der Waals surface area contributed by atoms with Crippen molar-refractivity contribution in [3.05, 3.63) is 36.5 Å². The van der Waals surface area contributed by atoms with Gasteiger partial charge in [0.15, 0.2) is 0 Å². The van der Waals surface area contributed by atoms with Gasteiger partial charge in [0.1, 0.15) is 0 Å². The van der Waals surface area contributed by atoms with E-state index in [0.717, 1.165) is 17.2 Å². The van der Waals surface area contributed by atoms with Crippen LogP contribution in [0.15, 0.2) is 41.6 Å². The lowest BCUT2D eigenvalue weighted by atomic mass is 10.3. The van der Waals surface area contributed by atoms with Gasteiger partial charge in [-0.3, -0.25) is 0 Å². The van der Waals surface area contributed by atoms with E-state index in [9.17, 15) is 0 Å². The highest BCUT2D eigenvalue weighted by Crippen LogP contribution is 2.17. The van der Waals surface area contributed by atoms with E-state index in [1.54, 1.807) is 11.8 Å². The first-order chi connectivity index (χ1) is 5.83. The maximum absolute atomic E-state index is 4.21. The molecule has 0 aliphatic heterocycles. The van der Waals surface area contributed by atoms with Crippen LogP contribution >= 0.6 is 11.8 Å². The van der Waals surface area contributed by atoms with Crippen molar-refractivity contribution >= 4 is 11.8 Å². The minimum Gasteiger partial charge on any atom is -0.250 e. The van der Waals surface area contributed by atoms with Crippen LogP contribution in [0.25, 0.3) is 0 Å². The number of thioether (sulfide) groups is 1. The van der Waals surface area contributed by atoms with Crippen LogP contribution in [-0.2, 0) is 0 Å². The Morgan fingerprint density at radius 1 is 1.58 bits per heavy atom. The maximum Gasteiger partial charge on any atom is 0.0962 e. The molecular weight excluding hydrogens is 166 g/mol. The van der Waals surface area contributed by atoms with Gasteiger partial charge in [-0.1, -0.05) is 25.1 Å². The molecule has 1 aromatic heterocycles. The molecule has 1 heterocycles. The Morgan fingerprint density at radius 3 is 3.00 bits per heavy atom. The summed E-state index contributed by atoms with van der Waals surface area (Å²) in [7, 11) is 0. The summed E-state index contributed by atoms with van der Waals surface area (Å²) in [6.07, 6.45) is 2.87. The van der Waals surface area contributed by atoms with Gasteiger partial charge in [-0.05, 0) is 18.6 Å². The predicted molar refractivity (Wildman–Crippen MR) is 54.4 cm³/mol. The molecule has 1 aromatic rings. The van der Waals surface area contributed by atoms with E-state index in [1.807, 2.05) is 24.4 Å². The summed E-state index contributed by atoms with van der Waals surface area (Å²) in [5.74, 6) is 0.980. The largest absolute Gasteiger partial charge is 0.250 e. The quantitative estimate of drug-likeness (QED) is 0.520. The summed E-state index contributed by atoms with van der Waals surface area (Å²) >= 11 is 1.74. The Balaban J connectivity index is 2.38. The van der Waals surface area contributed by atoms with Gasteiger partial charge < -0.3 is 0 Å². The van der Waals surface area contributed by atoms with Gasteiger partial charge in [-0.2, -0.15) is 0 Å². The molecule has 0 aromatic carbocycles. The molecule has 0 N–H and O–H groups in total. The van der Waals surface area contributed by atoms with Crippen LogP contribution in [-0.4, -0.2) is 10.7 Å². The molecule has 0 fully saturated rings. The molecule has 0 bridgehead atoms. The molecular formula is C10H13NS. The van der Waals surface area contributed by atoms with Crippen molar-refractivity contribution in [3.8, 4) is 0 Å². The van der Waals surface area contributed by atoms with Gasteiger partial charge in [0.25, 0.3) is 0 Å². The number of hydrogen-bond donors (Lipinski definition) is 0. The summed E-state index contributed by atoms with van der Waals surface area (Å²) < 4.78 is 0. The molecule has 64 valence electrons. The zero-order chi connectivity index (χ0) is 8.81. The van der Waals surface area contributed by atoms with Crippen molar-refractivity contribution < 1.29 is 0 Å². The molecule has 0 aliphatic rings. The number of nitrogens with zero attached hydrogens (tertiary/aromatic N) is 1. The second-order valence-electron chi connectivity index (χ2n) is 2.56. The standard InChI is InChI=1S/C10H13NS/c1-3-9(2)8-12-10-6-4-5-7-11-10/h4-7H,2-3,8H2,1H3. The highest BCUT2D eigenvalue weighted by atomic mass is 32.2. The zero-order valence-electron chi connectivity index (χ0n) is 7.29. The third-order valence-electron chi connectivity index (χ3n) is 1.56. The minimum atomic E-state index is 0.980. The first-order valence-electron chi connectivity index (χ1n) is 4.03. The fourth-order valence-corrected chi connectivity index (χ4v) is 1.58. The third-order valence-corrected chi connectivity index (χ3v) is 2.65. The monoisotopic (exact) mass is 179 g/mol. The molecule has 1 nitrogen and oxygen atoms in total. The van der Waals surface area contributed by atoms with Crippen molar-refractivity contribution in [2.45, 2.75) is 18.4 Å². The second kappa shape index (κ2) is 4.99. The number of pyridine rings is 1. The first kappa shape index (κ1) is 9.33. The lowest BCUT2D eigenvalue weighted by molar-refractivity contribution is 1.10. The van der Waals surface area contributed by atoms with E-state index in [-0.39, 0.29) is 0 Å². The lowest BCUT2D eigenvalue weighted by Gasteiger charge is -2.00. The average Bonchev–Trinajstić information content (AvgIpc) is 2.16. The van der Waals surface area contributed by atoms with Crippen LogP contribution in [0, 0.1) is 0 Å². The van der Waals surface area contributed by atoms with Crippen LogP contribution in [0.1, 0.15) is 13.3 Å². The Kier molecular flexibility index (Phi) is 3.88. The molecule has 0 spiro atoms. The average molecular weight is 179 g/mol. The van der Waals surface area contributed by atoms with Crippen molar-refractivity contribution in [2.75, 3.05) is 5.75 Å². The SMILES string of the molecule is C=C(CC)CSc1ccccn1. The minimum absolute atomic E-state index is 0.980. The van der Waals surface area contributed by atoms with Gasteiger partial charge in [-0.15, -0.1) is 11.8 Å². The van der Waals surface area contributed by atoms with E-state index in [4.69, 9.17) is 0 Å². The molecule has 0 amide bonds. The zero-order valence-corrected chi connectivity index (χ0v) is 8.10. The molecule has 2 heteroatoms. The molecule has 0 unspecified atom stereocenters. The number of hydrogen-bond acceptors (Lipinski definition) is 2. The number of rotatable bonds is 4. The van der Waals surface area contributed by atoms with Crippen LogP contribution in [0.2, 0.25) is 0 Å². The van der Waals surface area contributed by atoms with Crippen LogP contribution in [0.4, 0.5) is 0 Å². The third kappa shape index (κ3) is 3.09. The number of aromatic nitrogens is 1. The maximum atomic E-state index is 4.21. The van der Waals surface area contributed by atoms with Gasteiger partial charge >= 0.3 is 0 Å². The summed E-state index contributed by atoms with van der Waals surface area (Å²) in [6.45, 7) is 6.07. The van der Waals surface area contributed by atoms with Crippen LogP contribution in [0.3, 0.4) is 0 Å². The molecule has 0 radical (unpaired) electrons. The summed E-state index contributed by atoms with van der Waals surface area (Å²) in [5, 5.41) is 1.08. The highest BCUT2D eigenvalue weighted by molar-refractivity contribution is 7.99. The predicted octanol–water partition coefficient (Wildman–Crippen LogP) is 3.14. The second-order valence-corrected chi connectivity index (χ2v) is 3.56. The molecule has 0 saturated heterocycles. The van der Waals surface area contributed by atoms with Crippen molar-refractivity contribution in [1.29, 1.82) is 0 Å². The molecule has 1 rings (SSSR count). The fraction of sp³-hybridized carbons (Fsp3) is 0.300. The molecule has 12 heavy (non-hydrogen) atoms. The lowest BCUT2D eigenvalue weighted by Crippen LogP contribution is -1.84. The van der Waals surface area contributed by atoms with Crippen molar-refractivity contribution in [1.82, 2.24) is 4.98 Å². The normalized spacial score (nSPS) is 9.75. The van der Waals surface area contributed by atoms with Crippen LogP contribution < -0.4 is 0 Å². The van der Waals surface area contributed by atoms with Gasteiger partial charge in [0.05, 0.1) is 5.03 Å². The van der Waals surface area contributed by atoms with Gasteiger partial charge in [0.2, 0.25) is 0 Å². The molecule has 0 aliphatic carbocycles. The Bertz CT molecular complexity index is 243. The van der Waals surface area contributed by atoms with Gasteiger partial charge in [-0.25, -0.2) is 4.98 Å². The highest BCUT2D eigenvalue weighted by Gasteiger charge is 1.94. The van der Waals surface area contributed by atoms with E-state index in [0.29, 0.717) is 0 Å². The van der Waals surface area contributed by atoms with E-state index < -0.39 is 0 Å². The van der Waals surface area contributed by atoms with Crippen LogP contribution in [0.5, 0.6) is 0 Å². The van der Waals surface area contributed by atoms with E-state index >= 15 is 0 Å².